The van der Waals surface area contributed by atoms with Crippen LogP contribution in [0.5, 0.6) is 0 Å². The molecule has 0 amide bonds. The number of anilines is 1. The molecule has 0 aromatic heterocycles. The highest BCUT2D eigenvalue weighted by Crippen LogP contribution is 2.25. The van der Waals surface area contributed by atoms with E-state index in [4.69, 9.17) is 11.6 Å². The molecule has 0 saturated heterocycles. The Morgan fingerprint density at radius 2 is 1.89 bits per heavy atom. The van der Waals surface area contributed by atoms with Gasteiger partial charge in [-0.3, -0.25) is 0 Å². The topological polar surface area (TPSA) is 12.0 Å². The second-order valence-corrected chi connectivity index (χ2v) is 6.35. The summed E-state index contributed by atoms with van der Waals surface area (Å²) in [6.45, 7) is 2.19. The molecule has 0 saturated carbocycles. The molecule has 1 unspecified atom stereocenters. The maximum Gasteiger partial charge on any atom is 0.0648 e. The second-order valence-electron chi connectivity index (χ2n) is 4.69. The maximum absolute atomic E-state index is 6.22. The van der Waals surface area contributed by atoms with Gasteiger partial charge in [0.1, 0.15) is 0 Å². The van der Waals surface area contributed by atoms with Crippen LogP contribution in [-0.4, -0.2) is 6.04 Å². The fourth-order valence-corrected chi connectivity index (χ4v) is 2.88. The van der Waals surface area contributed by atoms with E-state index in [1.54, 1.807) is 0 Å². The lowest BCUT2D eigenvalue weighted by Crippen LogP contribution is -2.16. The number of hydrogen-bond donors (Lipinski definition) is 1. The third-order valence-electron chi connectivity index (χ3n) is 3.04. The van der Waals surface area contributed by atoms with E-state index in [-0.39, 0.29) is 0 Å². The number of hydrogen-bond acceptors (Lipinski definition) is 1. The Hall–Kier alpha value is -0.740. The second kappa shape index (κ2) is 7.15. The fraction of sp³-hybridized carbons (Fsp3) is 0.250. The molecule has 0 spiro atoms. The first kappa shape index (κ1) is 14.7. The van der Waals surface area contributed by atoms with E-state index < -0.39 is 0 Å². The molecule has 0 fully saturated rings. The van der Waals surface area contributed by atoms with Crippen LogP contribution in [0.2, 0.25) is 5.02 Å². The molecule has 2 aromatic carbocycles. The Kier molecular flexibility index (Phi) is 5.52. The summed E-state index contributed by atoms with van der Waals surface area (Å²) in [6, 6.07) is 17.1. The summed E-state index contributed by atoms with van der Waals surface area (Å²) >= 11 is 8.49. The molecule has 0 radical (unpaired) electrons. The Labute approximate surface area is 133 Å². The van der Waals surface area contributed by atoms with Gasteiger partial charge in [-0.25, -0.2) is 0 Å². The molecule has 0 aliphatic carbocycles. The average Bonchev–Trinajstić information content (AvgIpc) is 2.41. The van der Waals surface area contributed by atoms with E-state index in [1.165, 1.54) is 5.56 Å². The Morgan fingerprint density at radius 1 is 1.16 bits per heavy atom. The van der Waals surface area contributed by atoms with Crippen LogP contribution in [0.15, 0.2) is 48.5 Å². The van der Waals surface area contributed by atoms with Crippen molar-refractivity contribution in [3.63, 3.8) is 0 Å². The molecule has 0 aliphatic heterocycles. The molecule has 0 aliphatic rings. The van der Waals surface area contributed by atoms with Crippen molar-refractivity contribution in [3.05, 3.63) is 62.7 Å². The number of benzene rings is 2. The molecule has 19 heavy (non-hydrogen) atoms. The summed E-state index contributed by atoms with van der Waals surface area (Å²) in [7, 11) is 0. The third kappa shape index (κ3) is 4.69. The molecule has 3 heteroatoms. The molecule has 1 N–H and O–H groups in total. The quantitative estimate of drug-likeness (QED) is 0.682. The lowest BCUT2D eigenvalue weighted by Gasteiger charge is -2.16. The zero-order chi connectivity index (χ0) is 13.7. The van der Waals surface area contributed by atoms with Crippen LogP contribution < -0.4 is 5.32 Å². The van der Waals surface area contributed by atoms with Crippen molar-refractivity contribution >= 4 is 39.9 Å². The van der Waals surface area contributed by atoms with Crippen LogP contribution in [0.3, 0.4) is 0 Å². The molecule has 0 heterocycles. The van der Waals surface area contributed by atoms with Crippen LogP contribution in [0.1, 0.15) is 18.9 Å². The Balaban J connectivity index is 1.89. The zero-order valence-electron chi connectivity index (χ0n) is 10.9. The Morgan fingerprint density at radius 3 is 2.58 bits per heavy atom. The van der Waals surface area contributed by atoms with Crippen molar-refractivity contribution in [1.82, 2.24) is 0 Å². The maximum atomic E-state index is 6.22. The SMILES string of the molecule is CC(CCc1ccccc1)Nc1ccc(I)cc1Cl. The van der Waals surface area contributed by atoms with Crippen LogP contribution in [-0.2, 0) is 6.42 Å². The largest absolute Gasteiger partial charge is 0.381 e. The Bertz CT molecular complexity index is 528. The van der Waals surface area contributed by atoms with Crippen LogP contribution >= 0.6 is 34.2 Å². The van der Waals surface area contributed by atoms with Gasteiger partial charge < -0.3 is 5.32 Å². The molecule has 1 atom stereocenters. The van der Waals surface area contributed by atoms with Crippen LogP contribution in [0.4, 0.5) is 5.69 Å². The van der Waals surface area contributed by atoms with E-state index in [0.29, 0.717) is 6.04 Å². The van der Waals surface area contributed by atoms with Crippen molar-refractivity contribution in [1.29, 1.82) is 0 Å². The molecule has 2 aromatic rings. The predicted molar refractivity (Wildman–Crippen MR) is 92.0 cm³/mol. The number of nitrogens with one attached hydrogen (secondary N) is 1. The zero-order valence-corrected chi connectivity index (χ0v) is 13.8. The summed E-state index contributed by atoms with van der Waals surface area (Å²) in [5.74, 6) is 0. The molecular formula is C16H17ClIN. The van der Waals surface area contributed by atoms with E-state index in [2.05, 4.69) is 71.2 Å². The van der Waals surface area contributed by atoms with Gasteiger partial charge in [0.15, 0.2) is 0 Å². The molecule has 0 bridgehead atoms. The van der Waals surface area contributed by atoms with Gasteiger partial charge in [0.2, 0.25) is 0 Å². The third-order valence-corrected chi connectivity index (χ3v) is 4.03. The lowest BCUT2D eigenvalue weighted by atomic mass is 10.1. The number of rotatable bonds is 5. The molecular weight excluding hydrogens is 369 g/mol. The molecule has 2 rings (SSSR count). The highest BCUT2D eigenvalue weighted by molar-refractivity contribution is 14.1. The van der Waals surface area contributed by atoms with E-state index in [1.807, 2.05) is 12.1 Å². The van der Waals surface area contributed by atoms with Crippen molar-refractivity contribution < 1.29 is 0 Å². The highest BCUT2D eigenvalue weighted by atomic mass is 127. The van der Waals surface area contributed by atoms with Gasteiger partial charge in [-0.2, -0.15) is 0 Å². The van der Waals surface area contributed by atoms with E-state index >= 15 is 0 Å². The van der Waals surface area contributed by atoms with Gasteiger partial charge in [-0.1, -0.05) is 41.9 Å². The van der Waals surface area contributed by atoms with Gasteiger partial charge in [-0.15, -0.1) is 0 Å². The number of halogens is 2. The normalized spacial score (nSPS) is 12.2. The molecule has 1 nitrogen and oxygen atoms in total. The van der Waals surface area contributed by atoms with Gasteiger partial charge in [0.05, 0.1) is 10.7 Å². The smallest absolute Gasteiger partial charge is 0.0648 e. The summed E-state index contributed by atoms with van der Waals surface area (Å²) in [4.78, 5) is 0. The van der Waals surface area contributed by atoms with Crippen molar-refractivity contribution in [3.8, 4) is 0 Å². The minimum Gasteiger partial charge on any atom is -0.381 e. The van der Waals surface area contributed by atoms with Crippen molar-refractivity contribution in [2.45, 2.75) is 25.8 Å². The monoisotopic (exact) mass is 385 g/mol. The highest BCUT2D eigenvalue weighted by Gasteiger charge is 2.06. The minimum absolute atomic E-state index is 0.401. The van der Waals surface area contributed by atoms with Crippen LogP contribution in [0.25, 0.3) is 0 Å². The average molecular weight is 386 g/mol. The van der Waals surface area contributed by atoms with Gasteiger partial charge >= 0.3 is 0 Å². The number of aryl methyl sites for hydroxylation is 1. The van der Waals surface area contributed by atoms with Gasteiger partial charge in [0.25, 0.3) is 0 Å². The summed E-state index contributed by atoms with van der Waals surface area (Å²) in [5.41, 5.74) is 2.40. The van der Waals surface area contributed by atoms with Gasteiger partial charge in [0, 0.05) is 9.61 Å². The summed E-state index contributed by atoms with van der Waals surface area (Å²) in [6.07, 6.45) is 2.17. The van der Waals surface area contributed by atoms with E-state index in [9.17, 15) is 0 Å². The lowest BCUT2D eigenvalue weighted by molar-refractivity contribution is 0.706. The first-order valence-corrected chi connectivity index (χ1v) is 7.86. The van der Waals surface area contributed by atoms with Crippen molar-refractivity contribution in [2.24, 2.45) is 0 Å². The van der Waals surface area contributed by atoms with Crippen LogP contribution in [0, 0.1) is 3.57 Å². The standard InChI is InChI=1S/C16H17ClIN/c1-12(7-8-13-5-3-2-4-6-13)19-16-10-9-14(18)11-15(16)17/h2-6,9-12,19H,7-8H2,1H3. The molecule has 100 valence electrons. The first-order chi connectivity index (χ1) is 9.15. The van der Waals surface area contributed by atoms with Gasteiger partial charge in [-0.05, 0) is 66.1 Å². The van der Waals surface area contributed by atoms with E-state index in [0.717, 1.165) is 27.1 Å². The van der Waals surface area contributed by atoms with Crippen molar-refractivity contribution in [2.75, 3.05) is 5.32 Å². The first-order valence-electron chi connectivity index (χ1n) is 6.40. The fourth-order valence-electron chi connectivity index (χ4n) is 1.97. The summed E-state index contributed by atoms with van der Waals surface area (Å²) < 4.78 is 1.16. The minimum atomic E-state index is 0.401. The predicted octanol–water partition coefficient (Wildman–Crippen LogP) is 5.38. The summed E-state index contributed by atoms with van der Waals surface area (Å²) in [5, 5.41) is 4.26.